The van der Waals surface area contributed by atoms with Crippen molar-refractivity contribution in [2.24, 2.45) is 0 Å². The lowest BCUT2D eigenvalue weighted by Crippen LogP contribution is -2.37. The number of hydrogen-bond donors (Lipinski definition) is 0. The molecular weight excluding hydrogens is 260 g/mol. The van der Waals surface area contributed by atoms with Gasteiger partial charge in [-0.05, 0) is 15.9 Å². The first kappa shape index (κ1) is 10.9. The van der Waals surface area contributed by atoms with Gasteiger partial charge in [-0.1, -0.05) is 0 Å². The quantitative estimate of drug-likeness (QED) is 0.769. The Balaban J connectivity index is 2.20. The lowest BCUT2D eigenvalue weighted by molar-refractivity contribution is 0.0894. The number of methoxy groups -OCH3 is 1. The Morgan fingerprint density at radius 1 is 1.47 bits per heavy atom. The van der Waals surface area contributed by atoms with Crippen LogP contribution in [0.1, 0.15) is 0 Å². The molecule has 0 bridgehead atoms. The number of nitrogens with zero attached hydrogens (tertiary/aromatic N) is 2. The van der Waals surface area contributed by atoms with Crippen LogP contribution in [0.5, 0.6) is 5.75 Å². The topological polar surface area (TPSA) is 37.2 Å². The molecule has 0 aliphatic carbocycles. The molecule has 0 N–H and O–H groups in total. The Kier molecular flexibility index (Phi) is 3.56. The van der Waals surface area contributed by atoms with Crippen LogP contribution in [0, 0.1) is 0 Å². The van der Waals surface area contributed by atoms with Gasteiger partial charge in [0, 0.05) is 0 Å². The molecule has 0 amide bonds. The van der Waals surface area contributed by atoms with Crippen molar-refractivity contribution in [2.45, 2.75) is 0 Å². The summed E-state index contributed by atoms with van der Waals surface area (Å²) in [6.07, 6.45) is 1.77. The zero-order valence-corrected chi connectivity index (χ0v) is 10.2. The summed E-state index contributed by atoms with van der Waals surface area (Å²) < 4.78 is 11.4. The molecule has 1 aromatic heterocycles. The Morgan fingerprint density at radius 2 is 2.20 bits per heavy atom. The molecule has 0 spiro atoms. The van der Waals surface area contributed by atoms with E-state index in [2.05, 4.69) is 25.8 Å². The Morgan fingerprint density at radius 3 is 2.87 bits per heavy atom. The number of halogens is 1. The van der Waals surface area contributed by atoms with Gasteiger partial charge < -0.3 is 9.47 Å². The van der Waals surface area contributed by atoms with E-state index in [-0.39, 0.29) is 0 Å². The number of hydrogen-bond acceptors (Lipinski definition) is 4. The molecule has 4 nitrogen and oxygen atoms in total. The van der Waals surface area contributed by atoms with Crippen molar-refractivity contribution in [2.75, 3.05) is 33.4 Å². The van der Waals surface area contributed by atoms with Crippen molar-refractivity contribution in [1.82, 2.24) is 9.88 Å². The van der Waals surface area contributed by atoms with Crippen molar-refractivity contribution < 1.29 is 9.47 Å². The summed E-state index contributed by atoms with van der Waals surface area (Å²) in [6, 6.07) is 1.94. The van der Waals surface area contributed by atoms with Gasteiger partial charge in [0.15, 0.2) is 13.1 Å². The van der Waals surface area contributed by atoms with E-state index in [0.29, 0.717) is 0 Å². The van der Waals surface area contributed by atoms with Crippen molar-refractivity contribution in [3.8, 4) is 5.75 Å². The smallest absolute Gasteiger partial charge is 0.280 e. The molecule has 81 valence electrons. The lowest BCUT2D eigenvalue weighted by atomic mass is 10.3. The molecule has 0 aromatic carbocycles. The van der Waals surface area contributed by atoms with Gasteiger partial charge in [-0.25, -0.2) is 0 Å². The van der Waals surface area contributed by atoms with Gasteiger partial charge in [0.25, 0.3) is 5.82 Å². The minimum absolute atomic E-state index is 0.764. The summed E-state index contributed by atoms with van der Waals surface area (Å²) >= 11 is 3.38. The van der Waals surface area contributed by atoms with E-state index < -0.39 is 0 Å². The Labute approximate surface area is 97.3 Å². The summed E-state index contributed by atoms with van der Waals surface area (Å²) in [5.74, 6) is 1.75. The van der Waals surface area contributed by atoms with E-state index in [0.717, 1.165) is 42.3 Å². The molecule has 2 heterocycles. The first-order valence-electron chi connectivity index (χ1n) is 4.83. The fourth-order valence-electron chi connectivity index (χ4n) is 1.53. The average molecular weight is 273 g/mol. The number of anilines is 1. The minimum atomic E-state index is 0.764. The third-order valence-electron chi connectivity index (χ3n) is 2.36. The molecule has 5 heteroatoms. The molecule has 1 aliphatic rings. The minimum Gasteiger partial charge on any atom is -0.495 e. The molecule has 0 unspecified atom stereocenters. The van der Waals surface area contributed by atoms with E-state index >= 15 is 0 Å². The monoisotopic (exact) mass is 272 g/mol. The van der Waals surface area contributed by atoms with E-state index in [4.69, 9.17) is 9.47 Å². The fourth-order valence-corrected chi connectivity index (χ4v) is 1.91. The van der Waals surface area contributed by atoms with Crippen LogP contribution in [0.15, 0.2) is 16.7 Å². The van der Waals surface area contributed by atoms with Gasteiger partial charge in [-0.2, -0.15) is 4.98 Å². The normalized spacial score (nSPS) is 17.7. The zero-order chi connectivity index (χ0) is 10.7. The summed E-state index contributed by atoms with van der Waals surface area (Å²) in [7, 11) is 1.66. The highest BCUT2D eigenvalue weighted by Gasteiger charge is 2.24. The van der Waals surface area contributed by atoms with Crippen molar-refractivity contribution in [1.29, 1.82) is 0 Å². The SMILES string of the molecule is COc1cc([N+]2CCOCC2)ncc1Br. The van der Waals surface area contributed by atoms with Crippen LogP contribution in [0.3, 0.4) is 0 Å². The molecule has 0 atom stereocenters. The van der Waals surface area contributed by atoms with E-state index in [1.165, 1.54) is 0 Å². The second-order valence-electron chi connectivity index (χ2n) is 3.28. The van der Waals surface area contributed by atoms with Crippen LogP contribution in [0.25, 0.3) is 0 Å². The molecule has 0 saturated carbocycles. The van der Waals surface area contributed by atoms with Gasteiger partial charge in [-0.3, -0.25) is 0 Å². The maximum absolute atomic E-state index is 5.29. The lowest BCUT2D eigenvalue weighted by Gasteiger charge is -2.16. The third-order valence-corrected chi connectivity index (χ3v) is 2.96. The number of morpholine rings is 1. The van der Waals surface area contributed by atoms with Crippen molar-refractivity contribution in [3.63, 3.8) is 0 Å². The highest BCUT2D eigenvalue weighted by atomic mass is 79.9. The highest BCUT2D eigenvalue weighted by molar-refractivity contribution is 9.10. The van der Waals surface area contributed by atoms with E-state index in [1.807, 2.05) is 6.07 Å². The number of pyridine rings is 1. The van der Waals surface area contributed by atoms with Crippen LogP contribution in [-0.2, 0) is 4.74 Å². The van der Waals surface area contributed by atoms with E-state index in [1.54, 1.807) is 13.3 Å². The largest absolute Gasteiger partial charge is 0.495 e. The zero-order valence-electron chi connectivity index (χ0n) is 8.57. The first-order chi connectivity index (χ1) is 7.31. The van der Waals surface area contributed by atoms with Crippen LogP contribution in [0.2, 0.25) is 0 Å². The van der Waals surface area contributed by atoms with Crippen LogP contribution >= 0.6 is 15.9 Å². The second-order valence-corrected chi connectivity index (χ2v) is 4.13. The fraction of sp³-hybridized carbons (Fsp3) is 0.500. The molecule has 1 fully saturated rings. The number of ether oxygens (including phenoxy) is 2. The standard InChI is InChI=1S/C10H13BrN2O2/c1-14-9-6-10(12-7-8(9)11)13-2-4-15-5-3-13/h6-7H,2-5H2,1H3/q+1. The van der Waals surface area contributed by atoms with Gasteiger partial charge in [0.05, 0.1) is 23.8 Å². The first-order valence-corrected chi connectivity index (χ1v) is 5.63. The summed E-state index contributed by atoms with van der Waals surface area (Å²) in [5, 5.41) is 0. The molecule has 1 saturated heterocycles. The van der Waals surface area contributed by atoms with Crippen LogP contribution in [-0.4, -0.2) is 38.4 Å². The van der Waals surface area contributed by atoms with Gasteiger partial charge in [0.2, 0.25) is 0 Å². The number of aromatic nitrogens is 1. The van der Waals surface area contributed by atoms with Gasteiger partial charge >= 0.3 is 0 Å². The van der Waals surface area contributed by atoms with Crippen LogP contribution < -0.4 is 9.64 Å². The Hall–Kier alpha value is -0.650. The third kappa shape index (κ3) is 2.48. The highest BCUT2D eigenvalue weighted by Crippen LogP contribution is 2.27. The molecule has 15 heavy (non-hydrogen) atoms. The maximum atomic E-state index is 5.29. The van der Waals surface area contributed by atoms with Crippen LogP contribution in [0.4, 0.5) is 5.82 Å². The van der Waals surface area contributed by atoms with E-state index in [9.17, 15) is 0 Å². The summed E-state index contributed by atoms with van der Waals surface area (Å²) in [4.78, 5) is 6.55. The molecular formula is C10H13BrN2O2+. The molecule has 1 aliphatic heterocycles. The molecule has 1 radical (unpaired) electrons. The van der Waals surface area contributed by atoms with Gasteiger partial charge in [0.1, 0.15) is 19.0 Å². The van der Waals surface area contributed by atoms with Gasteiger partial charge in [-0.15, -0.1) is 4.90 Å². The predicted octanol–water partition coefficient (Wildman–Crippen LogP) is 1.65. The Bertz CT molecular complexity index is 340. The maximum Gasteiger partial charge on any atom is 0.280 e. The molecule has 1 aromatic rings. The number of rotatable bonds is 2. The summed E-state index contributed by atoms with van der Waals surface area (Å²) in [5.41, 5.74) is 0. The molecule has 2 rings (SSSR count). The second kappa shape index (κ2) is 4.92. The summed E-state index contributed by atoms with van der Waals surface area (Å²) in [6.45, 7) is 3.30. The van der Waals surface area contributed by atoms with Crippen molar-refractivity contribution >= 4 is 21.7 Å². The average Bonchev–Trinajstić information content (AvgIpc) is 2.31. The van der Waals surface area contributed by atoms with Crippen molar-refractivity contribution in [3.05, 3.63) is 16.7 Å². The predicted molar refractivity (Wildman–Crippen MR) is 60.8 cm³/mol.